The van der Waals surface area contributed by atoms with Crippen LogP contribution in [0, 0.1) is 5.92 Å². The van der Waals surface area contributed by atoms with E-state index in [1.807, 2.05) is 12.1 Å². The van der Waals surface area contributed by atoms with Crippen molar-refractivity contribution >= 4 is 17.0 Å². The minimum atomic E-state index is 0.703. The Morgan fingerprint density at radius 2 is 2.17 bits per heavy atom. The van der Waals surface area contributed by atoms with Crippen molar-refractivity contribution in [2.45, 2.75) is 12.8 Å². The minimum absolute atomic E-state index is 0.703. The zero-order valence-corrected chi connectivity index (χ0v) is 10.3. The number of nitrogens with two attached hydrogens (primary N) is 1. The second-order valence-corrected chi connectivity index (χ2v) is 4.75. The molecule has 5 heteroatoms. The smallest absolute Gasteiger partial charge is 0.180 e. The number of hydrogen-bond donors (Lipinski definition) is 1. The van der Waals surface area contributed by atoms with Gasteiger partial charge in [0, 0.05) is 25.5 Å². The van der Waals surface area contributed by atoms with Gasteiger partial charge in [-0.25, -0.2) is 9.97 Å². The first-order valence-electron chi connectivity index (χ1n) is 6.39. The van der Waals surface area contributed by atoms with Crippen LogP contribution in [0.5, 0.6) is 0 Å². The van der Waals surface area contributed by atoms with E-state index in [1.54, 1.807) is 12.4 Å². The number of anilines is 1. The molecule has 5 nitrogen and oxygen atoms in total. The van der Waals surface area contributed by atoms with Crippen LogP contribution in [0.2, 0.25) is 0 Å². The molecule has 2 aromatic heterocycles. The van der Waals surface area contributed by atoms with Crippen LogP contribution in [0.1, 0.15) is 12.8 Å². The molecule has 1 saturated heterocycles. The average Bonchev–Trinajstić information content (AvgIpc) is 2.87. The molecule has 2 N–H and O–H groups in total. The Hall–Kier alpha value is -1.75. The maximum absolute atomic E-state index is 5.61. The van der Waals surface area contributed by atoms with Gasteiger partial charge < -0.3 is 10.6 Å². The van der Waals surface area contributed by atoms with Gasteiger partial charge in [-0.1, -0.05) is 0 Å². The summed E-state index contributed by atoms with van der Waals surface area (Å²) in [6, 6.07) is 4.02. The lowest BCUT2D eigenvalue weighted by molar-refractivity contribution is 0.546. The summed E-state index contributed by atoms with van der Waals surface area (Å²) in [5.41, 5.74) is 7.18. The van der Waals surface area contributed by atoms with Gasteiger partial charge in [-0.15, -0.1) is 0 Å². The highest BCUT2D eigenvalue weighted by molar-refractivity contribution is 5.71. The number of aromatic nitrogens is 3. The highest BCUT2D eigenvalue weighted by Gasteiger charge is 2.22. The molecule has 0 aromatic carbocycles. The maximum Gasteiger partial charge on any atom is 0.180 e. The number of pyridine rings is 1. The Kier molecular flexibility index (Phi) is 3.06. The molecule has 0 amide bonds. The summed E-state index contributed by atoms with van der Waals surface area (Å²) in [6.45, 7) is 2.88. The first kappa shape index (κ1) is 11.3. The first-order valence-corrected chi connectivity index (χ1v) is 6.39. The molecule has 2 aromatic rings. The van der Waals surface area contributed by atoms with Crippen molar-refractivity contribution < 1.29 is 0 Å². The van der Waals surface area contributed by atoms with Crippen LogP contribution in [-0.4, -0.2) is 34.6 Å². The van der Waals surface area contributed by atoms with E-state index in [0.29, 0.717) is 5.92 Å². The molecule has 18 heavy (non-hydrogen) atoms. The van der Waals surface area contributed by atoms with Gasteiger partial charge in [-0.3, -0.25) is 4.98 Å². The van der Waals surface area contributed by atoms with Gasteiger partial charge in [0.1, 0.15) is 11.3 Å². The van der Waals surface area contributed by atoms with Crippen molar-refractivity contribution in [3.8, 4) is 0 Å². The van der Waals surface area contributed by atoms with E-state index in [0.717, 1.165) is 43.0 Å². The molecule has 0 radical (unpaired) electrons. The van der Waals surface area contributed by atoms with Crippen molar-refractivity contribution in [1.29, 1.82) is 0 Å². The van der Waals surface area contributed by atoms with Gasteiger partial charge in [-0.05, 0) is 37.4 Å². The molecule has 3 heterocycles. The van der Waals surface area contributed by atoms with Crippen LogP contribution in [0.3, 0.4) is 0 Å². The van der Waals surface area contributed by atoms with Crippen molar-refractivity contribution in [2.75, 3.05) is 24.5 Å². The summed E-state index contributed by atoms with van der Waals surface area (Å²) >= 11 is 0. The van der Waals surface area contributed by atoms with E-state index in [2.05, 4.69) is 19.9 Å². The second kappa shape index (κ2) is 4.86. The first-order chi connectivity index (χ1) is 8.86. The van der Waals surface area contributed by atoms with E-state index in [4.69, 9.17) is 5.73 Å². The number of rotatable bonds is 3. The Morgan fingerprint density at radius 3 is 3.06 bits per heavy atom. The Morgan fingerprint density at radius 1 is 1.28 bits per heavy atom. The van der Waals surface area contributed by atoms with E-state index < -0.39 is 0 Å². The summed E-state index contributed by atoms with van der Waals surface area (Å²) in [7, 11) is 0. The largest absolute Gasteiger partial charge is 0.356 e. The van der Waals surface area contributed by atoms with E-state index in [9.17, 15) is 0 Å². The van der Waals surface area contributed by atoms with Crippen LogP contribution >= 0.6 is 0 Å². The number of nitrogens with zero attached hydrogens (tertiary/aromatic N) is 4. The topological polar surface area (TPSA) is 67.9 Å². The summed E-state index contributed by atoms with van der Waals surface area (Å²) in [5, 5.41) is 0. The van der Waals surface area contributed by atoms with Crippen LogP contribution in [-0.2, 0) is 0 Å². The highest BCUT2D eigenvalue weighted by atomic mass is 15.2. The van der Waals surface area contributed by atoms with E-state index >= 15 is 0 Å². The lowest BCUT2D eigenvalue weighted by Gasteiger charge is -2.17. The van der Waals surface area contributed by atoms with Gasteiger partial charge in [0.25, 0.3) is 0 Å². The maximum atomic E-state index is 5.61. The van der Waals surface area contributed by atoms with Gasteiger partial charge in [-0.2, -0.15) is 0 Å². The summed E-state index contributed by atoms with van der Waals surface area (Å²) in [5.74, 6) is 1.71. The molecule has 3 rings (SSSR count). The SMILES string of the molecule is NCCC1CCN(c2ccc3nccnc3n2)C1. The predicted octanol–water partition coefficient (Wildman–Crippen LogP) is 1.20. The third kappa shape index (κ3) is 2.13. The molecule has 0 bridgehead atoms. The van der Waals surface area contributed by atoms with Gasteiger partial charge in [0.2, 0.25) is 0 Å². The lowest BCUT2D eigenvalue weighted by Crippen LogP contribution is -2.21. The normalized spacial score (nSPS) is 19.6. The molecule has 1 fully saturated rings. The van der Waals surface area contributed by atoms with Crippen LogP contribution in [0.15, 0.2) is 24.5 Å². The Balaban J connectivity index is 1.82. The summed E-state index contributed by atoms with van der Waals surface area (Å²) in [4.78, 5) is 15.4. The fraction of sp³-hybridized carbons (Fsp3) is 0.462. The lowest BCUT2D eigenvalue weighted by atomic mass is 10.1. The Bertz CT molecular complexity index is 542. The summed E-state index contributed by atoms with van der Waals surface area (Å²) < 4.78 is 0. The highest BCUT2D eigenvalue weighted by Crippen LogP contribution is 2.24. The molecule has 0 spiro atoms. The molecule has 1 unspecified atom stereocenters. The molecule has 1 atom stereocenters. The summed E-state index contributed by atoms with van der Waals surface area (Å²) in [6.07, 6.45) is 5.68. The third-order valence-corrected chi connectivity index (χ3v) is 3.50. The third-order valence-electron chi connectivity index (χ3n) is 3.50. The van der Waals surface area contributed by atoms with Gasteiger partial charge in [0.05, 0.1) is 0 Å². The van der Waals surface area contributed by atoms with Crippen LogP contribution < -0.4 is 10.6 Å². The molecule has 94 valence electrons. The van der Waals surface area contributed by atoms with Gasteiger partial charge in [0.15, 0.2) is 5.65 Å². The van der Waals surface area contributed by atoms with E-state index in [-0.39, 0.29) is 0 Å². The molecular weight excluding hydrogens is 226 g/mol. The standard InChI is InChI=1S/C13H17N5/c14-5-3-10-4-8-18(9-10)12-2-1-11-13(17-12)16-7-6-15-11/h1-2,6-7,10H,3-5,8-9,14H2. The zero-order chi connectivity index (χ0) is 12.4. The fourth-order valence-electron chi connectivity index (χ4n) is 2.53. The van der Waals surface area contributed by atoms with Gasteiger partial charge >= 0.3 is 0 Å². The predicted molar refractivity (Wildman–Crippen MR) is 71.3 cm³/mol. The van der Waals surface area contributed by atoms with Crippen LogP contribution in [0.4, 0.5) is 5.82 Å². The quantitative estimate of drug-likeness (QED) is 0.877. The fourth-order valence-corrected chi connectivity index (χ4v) is 2.53. The molecule has 1 aliphatic rings. The van der Waals surface area contributed by atoms with E-state index in [1.165, 1.54) is 6.42 Å². The molecule has 0 aliphatic carbocycles. The second-order valence-electron chi connectivity index (χ2n) is 4.75. The zero-order valence-electron chi connectivity index (χ0n) is 10.3. The van der Waals surface area contributed by atoms with Crippen molar-refractivity contribution in [2.24, 2.45) is 11.7 Å². The Labute approximate surface area is 106 Å². The molecular formula is C13H17N5. The van der Waals surface area contributed by atoms with Crippen LogP contribution in [0.25, 0.3) is 11.2 Å². The number of hydrogen-bond acceptors (Lipinski definition) is 5. The van der Waals surface area contributed by atoms with Crippen molar-refractivity contribution in [3.05, 3.63) is 24.5 Å². The van der Waals surface area contributed by atoms with Crippen molar-refractivity contribution in [3.63, 3.8) is 0 Å². The molecule has 0 saturated carbocycles. The average molecular weight is 243 g/mol. The van der Waals surface area contributed by atoms with Crippen molar-refractivity contribution in [1.82, 2.24) is 15.0 Å². The molecule has 1 aliphatic heterocycles. The number of fused-ring (bicyclic) bond motifs is 1. The minimum Gasteiger partial charge on any atom is -0.356 e. The monoisotopic (exact) mass is 243 g/mol.